The van der Waals surface area contributed by atoms with E-state index in [1.165, 1.54) is 4.90 Å². The molecule has 0 bridgehead atoms. The Morgan fingerprint density at radius 3 is 1.96 bits per heavy atom. The minimum absolute atomic E-state index is 0.0223. The number of benzene rings is 5. The second kappa shape index (κ2) is 27.4. The van der Waals surface area contributed by atoms with Gasteiger partial charge in [0.05, 0.1) is 12.6 Å². The number of hydrogen-bond acceptors (Lipinski definition) is 10. The average Bonchev–Trinajstić information content (AvgIpc) is 4.08. The fraction of sp³-hybridized carbons (Fsp3) is 0.381. The SMILES string of the molecule is CCCCCC1NC(=O)C(CC2=CCc3ccccc32)CC(=O)[C@H](c2ccccc2)NC(=O)C2CC(OC(=O)CCCN)CN2C(=O)C(Cc2ccccc2)NC(=O)C(Cc2ccc(OCc3ccccc3)cc2)CC1=O. The van der Waals surface area contributed by atoms with E-state index in [0.717, 1.165) is 46.2 Å². The molecule has 0 saturated carbocycles. The molecule has 0 spiro atoms. The van der Waals surface area contributed by atoms with E-state index in [-0.39, 0.29) is 63.8 Å². The molecule has 2 saturated heterocycles. The molecule has 402 valence electrons. The summed E-state index contributed by atoms with van der Waals surface area (Å²) in [6.07, 6.45) is 4.43. The van der Waals surface area contributed by atoms with Crippen LogP contribution in [0.2, 0.25) is 0 Å². The third-order valence-electron chi connectivity index (χ3n) is 14.9. The molecule has 14 heteroatoms. The van der Waals surface area contributed by atoms with Crippen LogP contribution in [0.5, 0.6) is 5.75 Å². The van der Waals surface area contributed by atoms with Gasteiger partial charge in [0.2, 0.25) is 23.6 Å². The summed E-state index contributed by atoms with van der Waals surface area (Å²) in [5.74, 6) is -5.04. The molecule has 6 unspecified atom stereocenters. The van der Waals surface area contributed by atoms with Crippen molar-refractivity contribution in [2.75, 3.05) is 13.1 Å². The van der Waals surface area contributed by atoms with Crippen molar-refractivity contribution in [2.45, 2.75) is 127 Å². The van der Waals surface area contributed by atoms with Gasteiger partial charge < -0.3 is 36.1 Å². The number of nitrogens with zero attached hydrogens (tertiary/aromatic N) is 1. The highest BCUT2D eigenvalue weighted by Gasteiger charge is 2.45. The van der Waals surface area contributed by atoms with E-state index >= 15 is 28.8 Å². The fourth-order valence-corrected chi connectivity index (χ4v) is 10.7. The molecule has 7 atom stereocenters. The van der Waals surface area contributed by atoms with Gasteiger partial charge in [-0.1, -0.05) is 160 Å². The number of carbonyl (C=O) groups is 7. The maximum Gasteiger partial charge on any atom is 0.306 e. The average molecular weight is 1040 g/mol. The Kier molecular flexibility index (Phi) is 19.7. The Morgan fingerprint density at radius 1 is 0.636 bits per heavy atom. The molecule has 5 aromatic carbocycles. The highest BCUT2D eigenvalue weighted by Crippen LogP contribution is 2.35. The summed E-state index contributed by atoms with van der Waals surface area (Å²) >= 11 is 0. The van der Waals surface area contributed by atoms with Gasteiger partial charge in [-0.3, -0.25) is 33.6 Å². The lowest BCUT2D eigenvalue weighted by atomic mass is 9.86. The van der Waals surface area contributed by atoms with Crippen molar-refractivity contribution < 1.29 is 43.0 Å². The van der Waals surface area contributed by atoms with E-state index in [2.05, 4.69) is 22.0 Å². The molecule has 2 aliphatic heterocycles. The van der Waals surface area contributed by atoms with Crippen LogP contribution in [-0.4, -0.2) is 83.4 Å². The van der Waals surface area contributed by atoms with Crippen LogP contribution in [0.25, 0.3) is 5.57 Å². The van der Waals surface area contributed by atoms with Crippen molar-refractivity contribution in [3.63, 3.8) is 0 Å². The molecule has 0 aromatic heterocycles. The molecule has 2 heterocycles. The van der Waals surface area contributed by atoms with Gasteiger partial charge in [-0.2, -0.15) is 0 Å². The van der Waals surface area contributed by atoms with Gasteiger partial charge in [0.25, 0.3) is 0 Å². The zero-order valence-corrected chi connectivity index (χ0v) is 43.9. The number of nitrogens with one attached hydrogen (secondary N) is 3. The smallest absolute Gasteiger partial charge is 0.306 e. The second-order valence-electron chi connectivity index (χ2n) is 20.6. The molecular formula is C63H71N5O9. The lowest BCUT2D eigenvalue weighted by Gasteiger charge is -2.31. The number of hydrogen-bond donors (Lipinski definition) is 4. The number of Topliss-reactive ketones (excluding diaryl/α,β-unsaturated/α-hetero) is 2. The third-order valence-corrected chi connectivity index (χ3v) is 14.9. The zero-order chi connectivity index (χ0) is 54.1. The van der Waals surface area contributed by atoms with Crippen molar-refractivity contribution in [2.24, 2.45) is 17.6 Å². The number of rotatable bonds is 18. The molecule has 4 amide bonds. The molecule has 0 radical (unpaired) electrons. The van der Waals surface area contributed by atoms with Crippen LogP contribution in [0.15, 0.2) is 146 Å². The summed E-state index contributed by atoms with van der Waals surface area (Å²) in [6, 6.07) is 38.1. The molecule has 77 heavy (non-hydrogen) atoms. The predicted octanol–water partition coefficient (Wildman–Crippen LogP) is 7.90. The quantitative estimate of drug-likeness (QED) is 0.0494. The Bertz CT molecular complexity index is 2860. The van der Waals surface area contributed by atoms with Crippen LogP contribution < -0.4 is 26.4 Å². The molecule has 5 N–H and O–H groups in total. The Hall–Kier alpha value is -7.71. The maximum absolute atomic E-state index is 15.4. The number of unbranched alkanes of at least 4 members (excludes halogenated alkanes) is 2. The number of fused-ring (bicyclic) bond motifs is 2. The minimum Gasteiger partial charge on any atom is -0.489 e. The van der Waals surface area contributed by atoms with E-state index in [4.69, 9.17) is 15.2 Å². The van der Waals surface area contributed by atoms with Crippen molar-refractivity contribution in [1.82, 2.24) is 20.9 Å². The number of amides is 4. The van der Waals surface area contributed by atoms with Gasteiger partial charge in [0, 0.05) is 43.9 Å². The number of allylic oxidation sites excluding steroid dienone is 2. The zero-order valence-electron chi connectivity index (χ0n) is 43.9. The van der Waals surface area contributed by atoms with Crippen LogP contribution in [-0.2, 0) is 64.2 Å². The minimum atomic E-state index is -1.25. The highest BCUT2D eigenvalue weighted by molar-refractivity contribution is 5.99. The van der Waals surface area contributed by atoms with Gasteiger partial charge >= 0.3 is 5.97 Å². The van der Waals surface area contributed by atoms with E-state index in [1.807, 2.05) is 116 Å². The van der Waals surface area contributed by atoms with E-state index in [1.54, 1.807) is 30.3 Å². The monoisotopic (exact) mass is 1040 g/mol. The summed E-state index contributed by atoms with van der Waals surface area (Å²) < 4.78 is 12.0. The number of nitrogens with two attached hydrogens (primary N) is 1. The Labute approximate surface area is 451 Å². The van der Waals surface area contributed by atoms with Crippen LogP contribution in [0, 0.1) is 11.8 Å². The number of carbonyl (C=O) groups excluding carboxylic acids is 7. The summed E-state index contributed by atoms with van der Waals surface area (Å²) in [6.45, 7) is 2.49. The number of ether oxygens (including phenoxy) is 2. The summed E-state index contributed by atoms with van der Waals surface area (Å²) in [7, 11) is 0. The molecule has 5 aromatic rings. The lowest BCUT2D eigenvalue weighted by molar-refractivity contribution is -0.149. The van der Waals surface area contributed by atoms with Crippen LogP contribution >= 0.6 is 0 Å². The Balaban J connectivity index is 1.19. The topological polar surface area (TPSA) is 203 Å². The first-order chi connectivity index (χ1) is 37.5. The van der Waals surface area contributed by atoms with Gasteiger partial charge in [0.15, 0.2) is 11.6 Å². The maximum atomic E-state index is 15.4. The third kappa shape index (κ3) is 15.2. The second-order valence-corrected chi connectivity index (χ2v) is 20.6. The van der Waals surface area contributed by atoms with Gasteiger partial charge in [-0.05, 0) is 89.7 Å². The van der Waals surface area contributed by atoms with Gasteiger partial charge in [-0.25, -0.2) is 0 Å². The number of esters is 1. The first-order valence-corrected chi connectivity index (χ1v) is 27.2. The fourth-order valence-electron chi connectivity index (χ4n) is 10.7. The van der Waals surface area contributed by atoms with E-state index in [0.29, 0.717) is 43.6 Å². The molecule has 14 nitrogen and oxygen atoms in total. The van der Waals surface area contributed by atoms with E-state index < -0.39 is 77.5 Å². The molecule has 3 aliphatic rings. The highest BCUT2D eigenvalue weighted by atomic mass is 16.5. The molecule has 1 aliphatic carbocycles. The molecule has 8 rings (SSSR count). The summed E-state index contributed by atoms with van der Waals surface area (Å²) in [5, 5.41) is 9.11. The van der Waals surface area contributed by atoms with Gasteiger partial charge in [0.1, 0.15) is 36.6 Å². The normalized spacial score (nSPS) is 22.4. The Morgan fingerprint density at radius 2 is 1.26 bits per heavy atom. The molecular weight excluding hydrogens is 971 g/mol. The lowest BCUT2D eigenvalue weighted by Crippen LogP contribution is -2.56. The standard InChI is InChI=1S/C63H71N5O9/c1-2-3-7-25-53-56(69)37-48(34-43-27-31-50(32-28-43)76-41-44-19-10-5-11-20-44)60(72)66-54(35-42-17-8-4-9-18-42)63(75)68-40-51(77-58(71)26-16-33-64)39-55(68)62(74)67-59(46-22-12-6-13-23-46)57(70)38-49(61(73)65-53)36-47-30-29-45-21-14-15-24-52(45)47/h4-6,8-15,17-24,27-28,30-32,48-49,51,53-55,59H,2-3,7,16,25-26,29,33-41,64H2,1H3,(H,65,73)(H,66,72)(H,67,74)/t48?,49?,51?,53?,54?,55?,59-/m0/s1. The van der Waals surface area contributed by atoms with E-state index in [9.17, 15) is 4.79 Å². The first-order valence-electron chi connectivity index (χ1n) is 27.2. The van der Waals surface area contributed by atoms with Crippen molar-refractivity contribution >= 4 is 46.7 Å². The van der Waals surface area contributed by atoms with Crippen LogP contribution in [0.4, 0.5) is 0 Å². The summed E-state index contributed by atoms with van der Waals surface area (Å²) in [4.78, 5) is 105. The summed E-state index contributed by atoms with van der Waals surface area (Å²) in [5.41, 5.74) is 11.6. The van der Waals surface area contributed by atoms with Crippen molar-refractivity contribution in [1.29, 1.82) is 0 Å². The van der Waals surface area contributed by atoms with Crippen molar-refractivity contribution in [3.8, 4) is 5.75 Å². The predicted molar refractivity (Wildman–Crippen MR) is 294 cm³/mol. The molecule has 2 fully saturated rings. The van der Waals surface area contributed by atoms with Crippen LogP contribution in [0.3, 0.4) is 0 Å². The van der Waals surface area contributed by atoms with Crippen molar-refractivity contribution in [3.05, 3.63) is 179 Å². The first kappa shape index (κ1) is 55.5. The van der Waals surface area contributed by atoms with Gasteiger partial charge in [-0.15, -0.1) is 0 Å². The van der Waals surface area contributed by atoms with Crippen LogP contribution in [0.1, 0.15) is 111 Å². The largest absolute Gasteiger partial charge is 0.489 e. The number of ketones is 2.